The van der Waals surface area contributed by atoms with Crippen LogP contribution in [0.4, 0.5) is 5.69 Å². The Hall–Kier alpha value is -1.55. The van der Waals surface area contributed by atoms with E-state index >= 15 is 0 Å². The molecule has 100 valence electrons. The molecule has 0 radical (unpaired) electrons. The topological polar surface area (TPSA) is 69.6 Å². The summed E-state index contributed by atoms with van der Waals surface area (Å²) < 4.78 is 0. The molecular formula is C14H21NO3. The number of aliphatic hydroxyl groups excluding tert-OH is 1. The van der Waals surface area contributed by atoms with E-state index in [0.29, 0.717) is 11.1 Å². The fourth-order valence-corrected chi connectivity index (χ4v) is 1.98. The summed E-state index contributed by atoms with van der Waals surface area (Å²) in [5, 5.41) is 21.8. The SMILES string of the molecule is CCC(CC)(CO)Nc1ccc(C(=O)O)c(C)c1. The molecule has 0 spiro atoms. The molecule has 0 heterocycles. The molecule has 0 aliphatic heterocycles. The quantitative estimate of drug-likeness (QED) is 0.727. The predicted molar refractivity (Wildman–Crippen MR) is 72.2 cm³/mol. The molecule has 18 heavy (non-hydrogen) atoms. The summed E-state index contributed by atoms with van der Waals surface area (Å²) in [5.41, 5.74) is 1.53. The first kappa shape index (κ1) is 14.5. The number of hydrogen-bond acceptors (Lipinski definition) is 3. The highest BCUT2D eigenvalue weighted by molar-refractivity contribution is 5.89. The van der Waals surface area contributed by atoms with Crippen LogP contribution in [-0.2, 0) is 0 Å². The van der Waals surface area contributed by atoms with Crippen molar-refractivity contribution in [1.29, 1.82) is 0 Å². The first-order chi connectivity index (χ1) is 8.48. The molecule has 3 N–H and O–H groups in total. The lowest BCUT2D eigenvalue weighted by atomic mass is 9.93. The minimum absolute atomic E-state index is 0.0553. The summed E-state index contributed by atoms with van der Waals surface area (Å²) >= 11 is 0. The molecule has 0 aliphatic carbocycles. The maximum atomic E-state index is 10.9. The van der Waals surface area contributed by atoms with E-state index in [1.165, 1.54) is 0 Å². The highest BCUT2D eigenvalue weighted by Crippen LogP contribution is 2.23. The number of aromatic carboxylic acids is 1. The largest absolute Gasteiger partial charge is 0.478 e. The molecule has 0 bridgehead atoms. The number of rotatable bonds is 6. The van der Waals surface area contributed by atoms with Crippen LogP contribution >= 0.6 is 0 Å². The average Bonchev–Trinajstić information content (AvgIpc) is 2.36. The maximum Gasteiger partial charge on any atom is 0.335 e. The van der Waals surface area contributed by atoms with Crippen molar-refractivity contribution in [3.8, 4) is 0 Å². The molecule has 1 aromatic carbocycles. The van der Waals surface area contributed by atoms with Gasteiger partial charge in [-0.05, 0) is 43.5 Å². The van der Waals surface area contributed by atoms with Crippen LogP contribution in [0.3, 0.4) is 0 Å². The Balaban J connectivity index is 2.98. The smallest absolute Gasteiger partial charge is 0.335 e. The number of anilines is 1. The number of aryl methyl sites for hydroxylation is 1. The third-order valence-corrected chi connectivity index (χ3v) is 3.52. The van der Waals surface area contributed by atoms with Crippen molar-refractivity contribution in [3.05, 3.63) is 29.3 Å². The average molecular weight is 251 g/mol. The Kier molecular flexibility index (Phi) is 4.73. The van der Waals surface area contributed by atoms with Gasteiger partial charge >= 0.3 is 5.97 Å². The lowest BCUT2D eigenvalue weighted by Gasteiger charge is -2.32. The molecule has 4 nitrogen and oxygen atoms in total. The zero-order chi connectivity index (χ0) is 13.8. The number of benzene rings is 1. The van der Waals surface area contributed by atoms with Crippen LogP contribution in [0.1, 0.15) is 42.6 Å². The lowest BCUT2D eigenvalue weighted by Crippen LogP contribution is -2.40. The van der Waals surface area contributed by atoms with Crippen LogP contribution in [0.5, 0.6) is 0 Å². The van der Waals surface area contributed by atoms with Crippen LogP contribution < -0.4 is 5.32 Å². The van der Waals surface area contributed by atoms with Gasteiger partial charge < -0.3 is 15.5 Å². The summed E-state index contributed by atoms with van der Waals surface area (Å²) in [6.45, 7) is 5.86. The summed E-state index contributed by atoms with van der Waals surface area (Å²) in [5.74, 6) is -0.918. The zero-order valence-electron chi connectivity index (χ0n) is 11.2. The van der Waals surface area contributed by atoms with Crippen LogP contribution in [0.2, 0.25) is 0 Å². The van der Waals surface area contributed by atoms with E-state index in [1.54, 1.807) is 25.1 Å². The van der Waals surface area contributed by atoms with E-state index in [2.05, 4.69) is 5.32 Å². The predicted octanol–water partition coefficient (Wildman–Crippen LogP) is 2.66. The molecule has 0 atom stereocenters. The third kappa shape index (κ3) is 3.01. The molecule has 0 amide bonds. The second-order valence-corrected chi connectivity index (χ2v) is 4.61. The molecule has 0 unspecified atom stereocenters. The van der Waals surface area contributed by atoms with Gasteiger partial charge in [-0.2, -0.15) is 0 Å². The van der Waals surface area contributed by atoms with Crippen molar-refractivity contribution in [1.82, 2.24) is 0 Å². The molecule has 4 heteroatoms. The van der Waals surface area contributed by atoms with Crippen LogP contribution in [-0.4, -0.2) is 28.3 Å². The number of carboxylic acid groups (broad SMARTS) is 1. The van der Waals surface area contributed by atoms with Crippen molar-refractivity contribution in [2.45, 2.75) is 39.2 Å². The molecular weight excluding hydrogens is 230 g/mol. The van der Waals surface area contributed by atoms with Crippen LogP contribution in [0, 0.1) is 6.92 Å². The van der Waals surface area contributed by atoms with Crippen molar-refractivity contribution < 1.29 is 15.0 Å². The number of carbonyl (C=O) groups is 1. The molecule has 0 saturated carbocycles. The van der Waals surface area contributed by atoms with E-state index in [1.807, 2.05) is 13.8 Å². The van der Waals surface area contributed by atoms with Crippen molar-refractivity contribution in [2.24, 2.45) is 0 Å². The Morgan fingerprint density at radius 1 is 1.33 bits per heavy atom. The number of aliphatic hydroxyl groups is 1. The highest BCUT2D eigenvalue weighted by Gasteiger charge is 2.24. The van der Waals surface area contributed by atoms with Crippen LogP contribution in [0.15, 0.2) is 18.2 Å². The fraction of sp³-hybridized carbons (Fsp3) is 0.500. The van der Waals surface area contributed by atoms with Crippen molar-refractivity contribution in [3.63, 3.8) is 0 Å². The van der Waals surface area contributed by atoms with Gasteiger partial charge in [-0.3, -0.25) is 0 Å². The normalized spacial score (nSPS) is 11.3. The lowest BCUT2D eigenvalue weighted by molar-refractivity contribution is 0.0696. The first-order valence-corrected chi connectivity index (χ1v) is 6.21. The maximum absolute atomic E-state index is 10.9. The second kappa shape index (κ2) is 5.87. The zero-order valence-corrected chi connectivity index (χ0v) is 11.2. The van der Waals surface area contributed by atoms with E-state index in [9.17, 15) is 9.90 Å². The van der Waals surface area contributed by atoms with Crippen molar-refractivity contribution >= 4 is 11.7 Å². The highest BCUT2D eigenvalue weighted by atomic mass is 16.4. The van der Waals surface area contributed by atoms with Gasteiger partial charge in [0.25, 0.3) is 0 Å². The van der Waals surface area contributed by atoms with Gasteiger partial charge in [0, 0.05) is 5.69 Å². The van der Waals surface area contributed by atoms with E-state index < -0.39 is 5.97 Å². The number of nitrogens with one attached hydrogen (secondary N) is 1. The van der Waals surface area contributed by atoms with E-state index in [4.69, 9.17) is 5.11 Å². The minimum Gasteiger partial charge on any atom is -0.478 e. The number of carboxylic acids is 1. The summed E-state index contributed by atoms with van der Waals surface area (Å²) in [6, 6.07) is 5.14. The molecule has 0 aromatic heterocycles. The van der Waals surface area contributed by atoms with Gasteiger partial charge in [0.2, 0.25) is 0 Å². The second-order valence-electron chi connectivity index (χ2n) is 4.61. The van der Waals surface area contributed by atoms with Crippen molar-refractivity contribution in [2.75, 3.05) is 11.9 Å². The molecule has 0 saturated heterocycles. The van der Waals surface area contributed by atoms with Gasteiger partial charge in [-0.1, -0.05) is 13.8 Å². The summed E-state index contributed by atoms with van der Waals surface area (Å²) in [7, 11) is 0. The molecule has 1 aromatic rings. The first-order valence-electron chi connectivity index (χ1n) is 6.21. The van der Waals surface area contributed by atoms with E-state index in [0.717, 1.165) is 18.5 Å². The van der Waals surface area contributed by atoms with Gasteiger partial charge in [0.05, 0.1) is 17.7 Å². The monoisotopic (exact) mass is 251 g/mol. The third-order valence-electron chi connectivity index (χ3n) is 3.52. The van der Waals surface area contributed by atoms with Gasteiger partial charge in [-0.25, -0.2) is 4.79 Å². The van der Waals surface area contributed by atoms with Gasteiger partial charge in [0.1, 0.15) is 0 Å². The van der Waals surface area contributed by atoms with Crippen LogP contribution in [0.25, 0.3) is 0 Å². The fourth-order valence-electron chi connectivity index (χ4n) is 1.98. The Labute approximate surface area is 108 Å². The van der Waals surface area contributed by atoms with Gasteiger partial charge in [0.15, 0.2) is 0 Å². The minimum atomic E-state index is -0.918. The molecule has 1 rings (SSSR count). The Bertz CT molecular complexity index is 417. The van der Waals surface area contributed by atoms with E-state index in [-0.39, 0.29) is 12.1 Å². The Morgan fingerprint density at radius 3 is 2.33 bits per heavy atom. The molecule has 0 fully saturated rings. The summed E-state index contributed by atoms with van der Waals surface area (Å²) in [6.07, 6.45) is 1.61. The number of hydrogen-bond donors (Lipinski definition) is 3. The van der Waals surface area contributed by atoms with Gasteiger partial charge in [-0.15, -0.1) is 0 Å². The molecule has 0 aliphatic rings. The Morgan fingerprint density at radius 2 is 1.94 bits per heavy atom. The summed E-state index contributed by atoms with van der Waals surface area (Å²) in [4.78, 5) is 10.9. The standard InChI is InChI=1S/C14H21NO3/c1-4-14(5-2,9-16)15-11-6-7-12(13(17)18)10(3)8-11/h6-8,15-16H,4-5,9H2,1-3H3,(H,17,18).